The van der Waals surface area contributed by atoms with Crippen LogP contribution in [0.5, 0.6) is 0 Å². The van der Waals surface area contributed by atoms with Gasteiger partial charge in [-0.15, -0.1) is 11.6 Å². The minimum atomic E-state index is -3.62. The van der Waals surface area contributed by atoms with E-state index < -0.39 is 27.2 Å². The second-order valence-corrected chi connectivity index (χ2v) is 7.12. The first kappa shape index (κ1) is 15.0. The highest BCUT2D eigenvalue weighted by atomic mass is 35.5. The second kappa shape index (κ2) is 4.88. The predicted molar refractivity (Wildman–Crippen MR) is 67.5 cm³/mol. The van der Waals surface area contributed by atoms with Gasteiger partial charge in [0.2, 0.25) is 0 Å². The van der Waals surface area contributed by atoms with Gasteiger partial charge in [-0.25, -0.2) is 0 Å². The third-order valence-electron chi connectivity index (χ3n) is 3.26. The van der Waals surface area contributed by atoms with E-state index >= 15 is 0 Å². The van der Waals surface area contributed by atoms with E-state index in [1.54, 1.807) is 0 Å². The molecule has 17 heavy (non-hydrogen) atoms. The van der Waals surface area contributed by atoms with Gasteiger partial charge >= 0.3 is 0 Å². The smallest absolute Gasteiger partial charge is 0.264 e. The van der Waals surface area contributed by atoms with Gasteiger partial charge in [0.05, 0.1) is 11.6 Å². The summed E-state index contributed by atoms with van der Waals surface area (Å²) in [7, 11) is -3.62. The molecular formula is C11H19ClO4S. The Labute approximate surface area is 108 Å². The minimum absolute atomic E-state index is 0.0736. The van der Waals surface area contributed by atoms with E-state index in [2.05, 4.69) is 6.58 Å². The van der Waals surface area contributed by atoms with E-state index in [1.165, 1.54) is 6.92 Å². The van der Waals surface area contributed by atoms with Crippen molar-refractivity contribution < 1.29 is 17.7 Å². The lowest BCUT2D eigenvalue weighted by Crippen LogP contribution is -2.54. The quantitative estimate of drug-likeness (QED) is 0.486. The van der Waals surface area contributed by atoms with Gasteiger partial charge in [0, 0.05) is 0 Å². The number of hydrogen-bond donors (Lipinski definition) is 1. The van der Waals surface area contributed by atoms with Gasteiger partial charge in [0.25, 0.3) is 10.1 Å². The summed E-state index contributed by atoms with van der Waals surface area (Å²) in [5.41, 5.74) is -0.426. The van der Waals surface area contributed by atoms with Crippen molar-refractivity contribution in [1.29, 1.82) is 0 Å². The van der Waals surface area contributed by atoms with Crippen molar-refractivity contribution in [2.45, 2.75) is 43.8 Å². The molecule has 1 rings (SSSR count). The maximum absolute atomic E-state index is 11.2. The fourth-order valence-corrected chi connectivity index (χ4v) is 3.08. The lowest BCUT2D eigenvalue weighted by Gasteiger charge is -2.43. The summed E-state index contributed by atoms with van der Waals surface area (Å²) in [6.07, 6.45) is 1.14. The zero-order chi connectivity index (χ0) is 13.4. The van der Waals surface area contributed by atoms with Crippen molar-refractivity contribution in [2.24, 2.45) is 5.92 Å². The first-order chi connectivity index (χ1) is 7.54. The van der Waals surface area contributed by atoms with Crippen LogP contribution in [0.15, 0.2) is 12.2 Å². The molecule has 1 saturated carbocycles. The number of aliphatic hydroxyl groups is 1. The van der Waals surface area contributed by atoms with E-state index in [-0.39, 0.29) is 5.92 Å². The van der Waals surface area contributed by atoms with Crippen LogP contribution in [-0.4, -0.2) is 36.9 Å². The van der Waals surface area contributed by atoms with Crippen LogP contribution >= 0.6 is 11.6 Å². The molecule has 0 aromatic rings. The monoisotopic (exact) mass is 282 g/mol. The summed E-state index contributed by atoms with van der Waals surface area (Å²) < 4.78 is 27.3. The van der Waals surface area contributed by atoms with Crippen molar-refractivity contribution in [3.05, 3.63) is 12.2 Å². The molecule has 100 valence electrons. The van der Waals surface area contributed by atoms with Gasteiger partial charge < -0.3 is 5.11 Å². The van der Waals surface area contributed by atoms with Crippen LogP contribution in [-0.2, 0) is 14.3 Å². The molecule has 1 fully saturated rings. The number of hydrogen-bond acceptors (Lipinski definition) is 4. The topological polar surface area (TPSA) is 63.6 Å². The highest BCUT2D eigenvalue weighted by molar-refractivity contribution is 7.86. The molecule has 0 aromatic carbocycles. The van der Waals surface area contributed by atoms with Crippen LogP contribution in [0.1, 0.15) is 26.7 Å². The molecule has 0 aliphatic heterocycles. The average molecular weight is 283 g/mol. The molecule has 0 aromatic heterocycles. The normalized spacial score (nSPS) is 39.0. The first-order valence-corrected chi connectivity index (χ1v) is 7.69. The third kappa shape index (κ3) is 3.68. The summed E-state index contributed by atoms with van der Waals surface area (Å²) >= 11 is 6.10. The fourth-order valence-electron chi connectivity index (χ4n) is 2.03. The maximum atomic E-state index is 11.2. The third-order valence-corrected chi connectivity index (χ3v) is 4.47. The number of halogens is 1. The molecular weight excluding hydrogens is 264 g/mol. The summed E-state index contributed by atoms with van der Waals surface area (Å²) in [6.45, 7) is 7.22. The van der Waals surface area contributed by atoms with Crippen LogP contribution in [0.4, 0.5) is 0 Å². The molecule has 0 heterocycles. The Balaban J connectivity index is 2.94. The molecule has 0 unspecified atom stereocenters. The van der Waals surface area contributed by atoms with Crippen LogP contribution in [0.25, 0.3) is 0 Å². The van der Waals surface area contributed by atoms with E-state index in [1.807, 2.05) is 6.92 Å². The molecule has 1 aliphatic rings. The Bertz CT molecular complexity index is 402. The number of alkyl halides is 1. The van der Waals surface area contributed by atoms with Gasteiger partial charge in [0.15, 0.2) is 0 Å². The molecule has 0 radical (unpaired) electrons. The van der Waals surface area contributed by atoms with E-state index in [9.17, 15) is 13.5 Å². The zero-order valence-corrected chi connectivity index (χ0v) is 11.9. The van der Waals surface area contributed by atoms with Crippen molar-refractivity contribution in [3.8, 4) is 0 Å². The molecule has 0 spiro atoms. The summed E-state index contributed by atoms with van der Waals surface area (Å²) in [5.74, 6) is 0.0736. The summed E-state index contributed by atoms with van der Waals surface area (Å²) in [4.78, 5) is 0. The number of allylic oxidation sites excluding steroid dienone is 1. The Hall–Kier alpha value is -0.100. The van der Waals surface area contributed by atoms with E-state index in [0.717, 1.165) is 11.8 Å². The fraction of sp³-hybridized carbons (Fsp3) is 0.818. The molecule has 0 bridgehead atoms. The average Bonchev–Trinajstić information content (AvgIpc) is 2.10. The first-order valence-electron chi connectivity index (χ1n) is 5.44. The molecule has 1 aliphatic carbocycles. The Kier molecular flexibility index (Phi) is 4.29. The molecule has 6 heteroatoms. The molecule has 1 N–H and O–H groups in total. The van der Waals surface area contributed by atoms with Crippen molar-refractivity contribution in [1.82, 2.24) is 0 Å². The summed E-state index contributed by atoms with van der Waals surface area (Å²) in [5, 5.41) is 9.66. The Morgan fingerprint density at radius 3 is 2.47 bits per heavy atom. The lowest BCUT2D eigenvalue weighted by molar-refractivity contribution is -0.0765. The molecule has 0 amide bonds. The largest absolute Gasteiger partial charge is 0.386 e. The molecule has 0 saturated heterocycles. The van der Waals surface area contributed by atoms with Crippen LogP contribution in [0.3, 0.4) is 0 Å². The van der Waals surface area contributed by atoms with Crippen LogP contribution in [0, 0.1) is 5.92 Å². The zero-order valence-electron chi connectivity index (χ0n) is 10.3. The van der Waals surface area contributed by atoms with Crippen molar-refractivity contribution in [2.75, 3.05) is 6.26 Å². The van der Waals surface area contributed by atoms with Crippen molar-refractivity contribution >= 4 is 21.7 Å². The lowest BCUT2D eigenvalue weighted by atomic mass is 9.75. The van der Waals surface area contributed by atoms with Gasteiger partial charge in [0.1, 0.15) is 11.7 Å². The highest BCUT2D eigenvalue weighted by Crippen LogP contribution is 2.40. The van der Waals surface area contributed by atoms with Crippen molar-refractivity contribution in [3.63, 3.8) is 0 Å². The standard InChI is InChI=1S/C11H19ClO4S/c1-7(2)8-5-9(12)11(3,13)10(6-8)16-17(4,14)15/h8-10,13H,1,5-6H2,2-4H3/t8-,9-,10+,11+/m0/s1. The number of rotatable bonds is 3. The van der Waals surface area contributed by atoms with Crippen LogP contribution < -0.4 is 0 Å². The maximum Gasteiger partial charge on any atom is 0.264 e. The Morgan fingerprint density at radius 2 is 2.06 bits per heavy atom. The van der Waals surface area contributed by atoms with Gasteiger partial charge in [-0.1, -0.05) is 12.2 Å². The SMILES string of the molecule is C=C(C)[C@H]1C[C@H](Cl)[C@@](C)(O)[C@H](OS(C)(=O)=O)C1. The Morgan fingerprint density at radius 1 is 1.53 bits per heavy atom. The van der Waals surface area contributed by atoms with E-state index in [4.69, 9.17) is 15.8 Å². The van der Waals surface area contributed by atoms with E-state index in [0.29, 0.717) is 12.8 Å². The molecule has 4 atom stereocenters. The molecule has 4 nitrogen and oxygen atoms in total. The second-order valence-electron chi connectivity index (χ2n) is 5.00. The van der Waals surface area contributed by atoms with Crippen LogP contribution in [0.2, 0.25) is 0 Å². The minimum Gasteiger partial charge on any atom is -0.386 e. The summed E-state index contributed by atoms with van der Waals surface area (Å²) in [6, 6.07) is 0. The van der Waals surface area contributed by atoms with Gasteiger partial charge in [-0.2, -0.15) is 8.42 Å². The van der Waals surface area contributed by atoms with Gasteiger partial charge in [-0.05, 0) is 32.6 Å². The predicted octanol–water partition coefficient (Wildman–Crippen LogP) is 1.68. The van der Waals surface area contributed by atoms with Gasteiger partial charge in [-0.3, -0.25) is 4.18 Å². The highest BCUT2D eigenvalue weighted by Gasteiger charge is 2.47.